The molecule has 0 radical (unpaired) electrons. The van der Waals surface area contributed by atoms with Crippen LogP contribution >= 0.6 is 0 Å². The predicted octanol–water partition coefficient (Wildman–Crippen LogP) is 1.56. The van der Waals surface area contributed by atoms with E-state index in [-0.39, 0.29) is 42.7 Å². The molecule has 0 saturated carbocycles. The van der Waals surface area contributed by atoms with Crippen LogP contribution in [0.15, 0.2) is 30.3 Å². The van der Waals surface area contributed by atoms with Gasteiger partial charge in [-0.3, -0.25) is 9.59 Å². The fraction of sp³-hybridized carbons (Fsp3) is 0.556. The molecule has 1 aromatic rings. The molecule has 1 fully saturated rings. The number of benzene rings is 1. The van der Waals surface area contributed by atoms with Crippen LogP contribution in [0.3, 0.4) is 0 Å². The smallest absolute Gasteiger partial charge is 0.226 e. The van der Waals surface area contributed by atoms with E-state index in [1.807, 2.05) is 44.2 Å². The summed E-state index contributed by atoms with van der Waals surface area (Å²) < 4.78 is 0. The average molecular weight is 318 g/mol. The molecule has 23 heavy (non-hydrogen) atoms. The molecule has 2 atom stereocenters. The monoisotopic (exact) mass is 318 g/mol. The van der Waals surface area contributed by atoms with Crippen LogP contribution in [0.4, 0.5) is 0 Å². The summed E-state index contributed by atoms with van der Waals surface area (Å²) in [6.45, 7) is 4.93. The molecule has 1 saturated heterocycles. The number of aliphatic hydroxyl groups is 1. The number of rotatable bonds is 6. The van der Waals surface area contributed by atoms with Gasteiger partial charge in [-0.2, -0.15) is 0 Å². The fourth-order valence-electron chi connectivity index (χ4n) is 3.04. The summed E-state index contributed by atoms with van der Waals surface area (Å²) in [7, 11) is 0. The highest BCUT2D eigenvalue weighted by molar-refractivity contribution is 5.87. The number of hydrogen-bond donors (Lipinski definition) is 2. The lowest BCUT2D eigenvalue weighted by molar-refractivity contribution is -0.144. The molecule has 0 aliphatic carbocycles. The molecule has 1 aliphatic rings. The maximum absolute atomic E-state index is 13.0. The van der Waals surface area contributed by atoms with Gasteiger partial charge in [0.05, 0.1) is 12.6 Å². The second-order valence-electron chi connectivity index (χ2n) is 6.49. The third kappa shape index (κ3) is 4.55. The van der Waals surface area contributed by atoms with Gasteiger partial charge in [0.25, 0.3) is 0 Å². The van der Waals surface area contributed by atoms with E-state index in [0.717, 1.165) is 5.56 Å². The number of amides is 2. The van der Waals surface area contributed by atoms with E-state index in [1.54, 1.807) is 4.90 Å². The SMILES string of the molecule is CC(C)[C@@H](CO)N(Cc1ccccc1)C(=O)[C@@H]1CCNC(=O)C1. The maximum atomic E-state index is 13.0. The number of nitrogens with zero attached hydrogens (tertiary/aromatic N) is 1. The zero-order valence-electron chi connectivity index (χ0n) is 13.9. The Hall–Kier alpha value is -1.88. The molecule has 126 valence electrons. The lowest BCUT2D eigenvalue weighted by Gasteiger charge is -2.36. The fourth-order valence-corrected chi connectivity index (χ4v) is 3.04. The van der Waals surface area contributed by atoms with Crippen molar-refractivity contribution in [1.82, 2.24) is 10.2 Å². The van der Waals surface area contributed by atoms with Crippen molar-refractivity contribution >= 4 is 11.8 Å². The lowest BCUT2D eigenvalue weighted by Crippen LogP contribution is -2.49. The summed E-state index contributed by atoms with van der Waals surface area (Å²) in [5, 5.41) is 12.5. The van der Waals surface area contributed by atoms with E-state index >= 15 is 0 Å². The van der Waals surface area contributed by atoms with Gasteiger partial charge in [-0.05, 0) is 17.9 Å². The highest BCUT2D eigenvalue weighted by Gasteiger charge is 2.33. The van der Waals surface area contributed by atoms with E-state index in [4.69, 9.17) is 0 Å². The van der Waals surface area contributed by atoms with E-state index in [9.17, 15) is 14.7 Å². The first-order valence-corrected chi connectivity index (χ1v) is 8.25. The summed E-state index contributed by atoms with van der Waals surface area (Å²) in [5.74, 6) is -0.249. The largest absolute Gasteiger partial charge is 0.394 e. The first kappa shape index (κ1) is 17.5. The van der Waals surface area contributed by atoms with Gasteiger partial charge in [0.2, 0.25) is 11.8 Å². The topological polar surface area (TPSA) is 69.6 Å². The Kier molecular flexibility index (Phi) is 6.16. The van der Waals surface area contributed by atoms with Crippen LogP contribution in [0.2, 0.25) is 0 Å². The molecule has 0 aromatic heterocycles. The number of hydrogen-bond acceptors (Lipinski definition) is 3. The number of carbonyl (C=O) groups excluding carboxylic acids is 2. The van der Waals surface area contributed by atoms with Crippen LogP contribution in [0.25, 0.3) is 0 Å². The van der Waals surface area contributed by atoms with Crippen molar-refractivity contribution in [3.63, 3.8) is 0 Å². The molecular weight excluding hydrogens is 292 g/mol. The molecule has 1 aromatic carbocycles. The van der Waals surface area contributed by atoms with Gasteiger partial charge in [0.15, 0.2) is 0 Å². The van der Waals surface area contributed by atoms with E-state index in [2.05, 4.69) is 5.32 Å². The molecule has 2 amide bonds. The highest BCUT2D eigenvalue weighted by Crippen LogP contribution is 2.22. The summed E-state index contributed by atoms with van der Waals surface area (Å²) in [4.78, 5) is 26.3. The van der Waals surface area contributed by atoms with Crippen molar-refractivity contribution in [2.75, 3.05) is 13.2 Å². The van der Waals surface area contributed by atoms with E-state index < -0.39 is 0 Å². The molecule has 5 heteroatoms. The second-order valence-corrected chi connectivity index (χ2v) is 6.49. The summed E-state index contributed by atoms with van der Waals surface area (Å²) >= 11 is 0. The highest BCUT2D eigenvalue weighted by atomic mass is 16.3. The molecular formula is C18H26N2O3. The molecule has 2 rings (SSSR count). The molecule has 0 spiro atoms. The third-order valence-electron chi connectivity index (χ3n) is 4.43. The Balaban J connectivity index is 2.21. The van der Waals surface area contributed by atoms with E-state index in [0.29, 0.717) is 19.5 Å². The predicted molar refractivity (Wildman–Crippen MR) is 88.4 cm³/mol. The average Bonchev–Trinajstić information content (AvgIpc) is 2.54. The van der Waals surface area contributed by atoms with Gasteiger partial charge in [-0.25, -0.2) is 0 Å². The van der Waals surface area contributed by atoms with Crippen molar-refractivity contribution < 1.29 is 14.7 Å². The molecule has 2 N–H and O–H groups in total. The van der Waals surface area contributed by atoms with Crippen molar-refractivity contribution in [3.8, 4) is 0 Å². The van der Waals surface area contributed by atoms with Crippen molar-refractivity contribution in [1.29, 1.82) is 0 Å². The normalized spacial score (nSPS) is 19.3. The molecule has 0 bridgehead atoms. The Morgan fingerprint density at radius 1 is 1.35 bits per heavy atom. The van der Waals surface area contributed by atoms with Crippen LogP contribution in [-0.2, 0) is 16.1 Å². The zero-order valence-corrected chi connectivity index (χ0v) is 13.9. The number of piperidine rings is 1. The summed E-state index contributed by atoms with van der Waals surface area (Å²) in [5.41, 5.74) is 1.03. The quantitative estimate of drug-likeness (QED) is 0.836. The Morgan fingerprint density at radius 2 is 2.04 bits per heavy atom. The van der Waals surface area contributed by atoms with Crippen LogP contribution in [0.5, 0.6) is 0 Å². The maximum Gasteiger partial charge on any atom is 0.226 e. The molecule has 1 aliphatic heterocycles. The lowest BCUT2D eigenvalue weighted by atomic mass is 9.93. The minimum absolute atomic E-state index is 0.0311. The van der Waals surface area contributed by atoms with Gasteiger partial charge in [0.1, 0.15) is 0 Å². The standard InChI is InChI=1S/C18H26N2O3/c1-13(2)16(12-21)20(11-14-6-4-3-5-7-14)18(23)15-8-9-19-17(22)10-15/h3-7,13,15-16,21H,8-12H2,1-2H3,(H,19,22)/t15-,16-/m1/s1. The van der Waals surface area contributed by atoms with Crippen molar-refractivity contribution in [3.05, 3.63) is 35.9 Å². The zero-order chi connectivity index (χ0) is 16.8. The summed E-state index contributed by atoms with van der Waals surface area (Å²) in [6, 6.07) is 9.52. The van der Waals surface area contributed by atoms with Crippen molar-refractivity contribution in [2.24, 2.45) is 11.8 Å². The van der Waals surface area contributed by atoms with Gasteiger partial charge < -0.3 is 15.3 Å². The van der Waals surface area contributed by atoms with Gasteiger partial charge in [-0.1, -0.05) is 44.2 Å². The van der Waals surface area contributed by atoms with Gasteiger partial charge >= 0.3 is 0 Å². The first-order valence-electron chi connectivity index (χ1n) is 8.25. The van der Waals surface area contributed by atoms with E-state index in [1.165, 1.54) is 0 Å². The Bertz CT molecular complexity index is 530. The second kappa shape index (κ2) is 8.11. The molecule has 5 nitrogen and oxygen atoms in total. The molecule has 0 unspecified atom stereocenters. The summed E-state index contributed by atoms with van der Waals surface area (Å²) in [6.07, 6.45) is 0.895. The molecule has 1 heterocycles. The third-order valence-corrected chi connectivity index (χ3v) is 4.43. The van der Waals surface area contributed by atoms with Gasteiger partial charge in [-0.15, -0.1) is 0 Å². The van der Waals surface area contributed by atoms with Gasteiger partial charge in [0, 0.05) is 25.4 Å². The Labute approximate surface area is 137 Å². The van der Waals surface area contributed by atoms with Crippen LogP contribution < -0.4 is 5.32 Å². The Morgan fingerprint density at radius 3 is 2.61 bits per heavy atom. The van der Waals surface area contributed by atoms with Crippen LogP contribution in [0, 0.1) is 11.8 Å². The number of nitrogens with one attached hydrogen (secondary N) is 1. The van der Waals surface area contributed by atoms with Crippen molar-refractivity contribution in [2.45, 2.75) is 39.3 Å². The minimum Gasteiger partial charge on any atom is -0.394 e. The number of carbonyl (C=O) groups is 2. The minimum atomic E-state index is -0.291. The first-order chi connectivity index (χ1) is 11.0. The van der Waals surface area contributed by atoms with Crippen LogP contribution in [-0.4, -0.2) is 41.0 Å². The van der Waals surface area contributed by atoms with Crippen LogP contribution in [0.1, 0.15) is 32.3 Å². The number of aliphatic hydroxyl groups excluding tert-OH is 1.